The third kappa shape index (κ3) is 6.44. The molecule has 220 valence electrons. The molecule has 2 aliphatic rings. The second kappa shape index (κ2) is 12.4. The van der Waals surface area contributed by atoms with E-state index in [4.69, 9.17) is 0 Å². The molecule has 1 fully saturated rings. The standard InChI is InChI=1S/C33H39N5O3S/c1-35-17-19-36(20-18-35)16-15-29-12-13-30-25-37(21-22-38(29)30)33(39)24-32(27-8-3-2-4-9-27)34-42(40,41)31-14-11-26-7-5-6-10-28(26)23-31/h2-14,23,32,34H,15-22,24-25H2,1H3. The number of hydrogen-bond donors (Lipinski definition) is 1. The maximum Gasteiger partial charge on any atom is 0.241 e. The summed E-state index contributed by atoms with van der Waals surface area (Å²) in [4.78, 5) is 20.6. The molecule has 1 atom stereocenters. The van der Waals surface area contributed by atoms with E-state index in [9.17, 15) is 13.2 Å². The first-order valence-electron chi connectivity index (χ1n) is 14.8. The minimum absolute atomic E-state index is 0.0494. The molecule has 1 aromatic heterocycles. The van der Waals surface area contributed by atoms with Crippen LogP contribution in [0.1, 0.15) is 29.4 Å². The van der Waals surface area contributed by atoms with E-state index in [0.717, 1.165) is 67.7 Å². The lowest BCUT2D eigenvalue weighted by atomic mass is 10.0. The van der Waals surface area contributed by atoms with Crippen molar-refractivity contribution in [3.8, 4) is 0 Å². The number of piperazine rings is 1. The van der Waals surface area contributed by atoms with Gasteiger partial charge in [0.1, 0.15) is 0 Å². The number of amides is 1. The first-order valence-corrected chi connectivity index (χ1v) is 16.3. The van der Waals surface area contributed by atoms with Gasteiger partial charge in [-0.05, 0) is 47.6 Å². The topological polar surface area (TPSA) is 77.9 Å². The Morgan fingerprint density at radius 2 is 1.57 bits per heavy atom. The van der Waals surface area contributed by atoms with Crippen LogP contribution in [0, 0.1) is 0 Å². The molecule has 42 heavy (non-hydrogen) atoms. The fourth-order valence-corrected chi connectivity index (χ4v) is 7.32. The van der Waals surface area contributed by atoms with Gasteiger partial charge >= 0.3 is 0 Å². The lowest BCUT2D eigenvalue weighted by Crippen LogP contribution is -2.45. The number of aromatic nitrogens is 1. The molecule has 1 N–H and O–H groups in total. The number of rotatable bonds is 9. The molecular weight excluding hydrogens is 546 g/mol. The summed E-state index contributed by atoms with van der Waals surface area (Å²) in [6, 6.07) is 25.8. The molecule has 0 aliphatic carbocycles. The Morgan fingerprint density at radius 1 is 0.833 bits per heavy atom. The van der Waals surface area contributed by atoms with E-state index in [1.807, 2.05) is 65.6 Å². The molecular formula is C33H39N5O3S. The number of hydrogen-bond acceptors (Lipinski definition) is 5. The van der Waals surface area contributed by atoms with Crippen molar-refractivity contribution in [2.45, 2.75) is 36.9 Å². The molecule has 3 aromatic carbocycles. The first kappa shape index (κ1) is 28.6. The van der Waals surface area contributed by atoms with Crippen LogP contribution in [0.3, 0.4) is 0 Å². The number of carbonyl (C=O) groups excluding carboxylic acids is 1. The molecule has 9 heteroatoms. The lowest BCUT2D eigenvalue weighted by Gasteiger charge is -2.33. The molecule has 0 spiro atoms. The predicted molar refractivity (Wildman–Crippen MR) is 166 cm³/mol. The maximum atomic E-state index is 13.6. The maximum absolute atomic E-state index is 13.6. The number of sulfonamides is 1. The van der Waals surface area contributed by atoms with Crippen LogP contribution in [0.5, 0.6) is 0 Å². The molecule has 6 rings (SSSR count). The van der Waals surface area contributed by atoms with Crippen LogP contribution in [0.25, 0.3) is 10.8 Å². The molecule has 0 saturated carbocycles. The Balaban J connectivity index is 1.13. The molecule has 1 amide bonds. The van der Waals surface area contributed by atoms with Crippen molar-refractivity contribution in [1.29, 1.82) is 0 Å². The van der Waals surface area contributed by atoms with Crippen molar-refractivity contribution >= 4 is 26.7 Å². The van der Waals surface area contributed by atoms with Gasteiger partial charge in [-0.2, -0.15) is 0 Å². The van der Waals surface area contributed by atoms with Crippen molar-refractivity contribution in [2.75, 3.05) is 46.3 Å². The summed E-state index contributed by atoms with van der Waals surface area (Å²) >= 11 is 0. The average molecular weight is 586 g/mol. The minimum Gasteiger partial charge on any atom is -0.345 e. The number of fused-ring (bicyclic) bond motifs is 2. The van der Waals surface area contributed by atoms with Gasteiger partial charge in [-0.25, -0.2) is 13.1 Å². The third-order valence-electron chi connectivity index (χ3n) is 8.65. The first-order chi connectivity index (χ1) is 20.4. The zero-order valence-corrected chi connectivity index (χ0v) is 25.0. The third-order valence-corrected chi connectivity index (χ3v) is 10.1. The Labute approximate surface area is 248 Å². The Bertz CT molecular complexity index is 1640. The summed E-state index contributed by atoms with van der Waals surface area (Å²) in [5, 5.41) is 1.83. The Hall–Kier alpha value is -3.50. The van der Waals surface area contributed by atoms with Crippen LogP contribution in [0.2, 0.25) is 0 Å². The van der Waals surface area contributed by atoms with Crippen LogP contribution in [0.15, 0.2) is 89.8 Å². The van der Waals surface area contributed by atoms with Crippen molar-refractivity contribution in [3.63, 3.8) is 0 Å². The van der Waals surface area contributed by atoms with Crippen LogP contribution in [-0.2, 0) is 34.3 Å². The van der Waals surface area contributed by atoms with Crippen LogP contribution < -0.4 is 4.72 Å². The monoisotopic (exact) mass is 585 g/mol. The smallest absolute Gasteiger partial charge is 0.241 e. The summed E-state index contributed by atoms with van der Waals surface area (Å²) in [5.74, 6) is -0.0588. The highest BCUT2D eigenvalue weighted by Crippen LogP contribution is 2.26. The molecule has 8 nitrogen and oxygen atoms in total. The summed E-state index contributed by atoms with van der Waals surface area (Å²) in [6.45, 7) is 7.41. The quantitative estimate of drug-likeness (QED) is 0.323. The van der Waals surface area contributed by atoms with Crippen LogP contribution >= 0.6 is 0 Å². The molecule has 1 saturated heterocycles. The van der Waals surface area contributed by atoms with Gasteiger partial charge < -0.3 is 19.3 Å². The van der Waals surface area contributed by atoms with Gasteiger partial charge in [-0.1, -0.05) is 60.7 Å². The normalized spacial score (nSPS) is 17.3. The summed E-state index contributed by atoms with van der Waals surface area (Å²) < 4.78 is 32.3. The largest absolute Gasteiger partial charge is 0.345 e. The summed E-state index contributed by atoms with van der Waals surface area (Å²) in [6.07, 6.45) is 1.05. The number of carbonyl (C=O) groups is 1. The van der Waals surface area contributed by atoms with E-state index in [1.54, 1.807) is 12.1 Å². The van der Waals surface area contributed by atoms with E-state index in [-0.39, 0.29) is 17.2 Å². The van der Waals surface area contributed by atoms with Gasteiger partial charge in [-0.15, -0.1) is 0 Å². The van der Waals surface area contributed by atoms with E-state index >= 15 is 0 Å². The number of nitrogens with zero attached hydrogens (tertiary/aromatic N) is 4. The zero-order chi connectivity index (χ0) is 29.1. The predicted octanol–water partition coefficient (Wildman–Crippen LogP) is 3.88. The highest BCUT2D eigenvalue weighted by molar-refractivity contribution is 7.89. The van der Waals surface area contributed by atoms with Gasteiger partial charge in [0.2, 0.25) is 15.9 Å². The average Bonchev–Trinajstić information content (AvgIpc) is 3.42. The number of nitrogens with one attached hydrogen (secondary N) is 1. The molecule has 3 heterocycles. The minimum atomic E-state index is -3.87. The molecule has 0 radical (unpaired) electrons. The van der Waals surface area contributed by atoms with Crippen molar-refractivity contribution in [3.05, 3.63) is 102 Å². The number of benzene rings is 3. The molecule has 1 unspecified atom stereocenters. The second-order valence-electron chi connectivity index (χ2n) is 11.5. The van der Waals surface area contributed by atoms with Crippen LogP contribution in [-0.4, -0.2) is 79.9 Å². The van der Waals surface area contributed by atoms with E-state index in [1.165, 1.54) is 5.69 Å². The Morgan fingerprint density at radius 3 is 2.36 bits per heavy atom. The lowest BCUT2D eigenvalue weighted by molar-refractivity contribution is -0.133. The van der Waals surface area contributed by atoms with E-state index < -0.39 is 16.1 Å². The van der Waals surface area contributed by atoms with Gasteiger partial charge in [-0.3, -0.25) is 4.79 Å². The number of likely N-dealkylation sites (N-methyl/N-ethyl adjacent to an activating group) is 1. The van der Waals surface area contributed by atoms with Gasteiger partial charge in [0, 0.05) is 70.0 Å². The van der Waals surface area contributed by atoms with Gasteiger partial charge in [0.05, 0.1) is 17.5 Å². The van der Waals surface area contributed by atoms with Crippen molar-refractivity contribution < 1.29 is 13.2 Å². The highest BCUT2D eigenvalue weighted by Gasteiger charge is 2.28. The Kier molecular flexibility index (Phi) is 8.44. The van der Waals surface area contributed by atoms with E-state index in [2.05, 4.69) is 38.3 Å². The van der Waals surface area contributed by atoms with Crippen molar-refractivity contribution in [2.24, 2.45) is 0 Å². The van der Waals surface area contributed by atoms with Crippen LogP contribution in [0.4, 0.5) is 0 Å². The summed E-state index contributed by atoms with van der Waals surface area (Å²) in [7, 11) is -1.69. The van der Waals surface area contributed by atoms with Gasteiger partial charge in [0.15, 0.2) is 0 Å². The fraction of sp³-hybridized carbons (Fsp3) is 0.364. The van der Waals surface area contributed by atoms with E-state index in [0.29, 0.717) is 13.1 Å². The SMILES string of the molecule is CN1CCN(CCc2ccc3n2CCN(C(=O)CC(NS(=O)(=O)c2ccc4ccccc4c2)c2ccccc2)C3)CC1. The second-order valence-corrected chi connectivity index (χ2v) is 13.2. The molecule has 4 aromatic rings. The zero-order valence-electron chi connectivity index (χ0n) is 24.2. The van der Waals surface area contributed by atoms with Gasteiger partial charge in [0.25, 0.3) is 0 Å². The summed E-state index contributed by atoms with van der Waals surface area (Å²) in [5.41, 5.74) is 3.22. The molecule has 2 aliphatic heterocycles. The van der Waals surface area contributed by atoms with Crippen molar-refractivity contribution in [1.82, 2.24) is 24.0 Å². The fourth-order valence-electron chi connectivity index (χ4n) is 6.06. The highest BCUT2D eigenvalue weighted by atomic mass is 32.2. The molecule has 0 bridgehead atoms.